The van der Waals surface area contributed by atoms with Crippen LogP contribution in [0.3, 0.4) is 0 Å². The number of hydrogen-bond donors (Lipinski definition) is 1. The van der Waals surface area contributed by atoms with Gasteiger partial charge in [0.15, 0.2) is 5.60 Å². The number of aliphatic hydroxyl groups is 1. The van der Waals surface area contributed by atoms with Gasteiger partial charge in [-0.05, 0) is 64.8 Å². The van der Waals surface area contributed by atoms with Crippen molar-refractivity contribution in [2.45, 2.75) is 88.2 Å². The first-order valence-corrected chi connectivity index (χ1v) is 12.8. The number of ether oxygens (including phenoxy) is 4. The fourth-order valence-electron chi connectivity index (χ4n) is 5.49. The molecule has 3 heterocycles. The van der Waals surface area contributed by atoms with Crippen LogP contribution in [-0.4, -0.2) is 109 Å². The molecule has 36 heavy (non-hydrogen) atoms. The molecule has 0 aromatic rings. The van der Waals surface area contributed by atoms with E-state index in [4.69, 9.17) is 24.5 Å². The number of carbonyl (C=O) groups is 2. The topological polar surface area (TPSA) is 147 Å². The minimum Gasteiger partial charge on any atom is -0.467 e. The number of methoxy groups -OCH3 is 1. The summed E-state index contributed by atoms with van der Waals surface area (Å²) in [5, 5.41) is 13.6. The summed E-state index contributed by atoms with van der Waals surface area (Å²) in [7, 11) is 1.36. The van der Waals surface area contributed by atoms with Gasteiger partial charge in [0.1, 0.15) is 5.60 Å². The van der Waals surface area contributed by atoms with Crippen LogP contribution in [0.1, 0.15) is 59.3 Å². The van der Waals surface area contributed by atoms with E-state index in [0.717, 1.165) is 12.8 Å². The van der Waals surface area contributed by atoms with Gasteiger partial charge in [-0.2, -0.15) is 0 Å². The van der Waals surface area contributed by atoms with Crippen molar-refractivity contribution in [2.24, 2.45) is 5.11 Å². The third-order valence-electron chi connectivity index (χ3n) is 7.26. The quantitative estimate of drug-likeness (QED) is 0.226. The van der Waals surface area contributed by atoms with Gasteiger partial charge >= 0.3 is 12.1 Å². The van der Waals surface area contributed by atoms with Crippen molar-refractivity contribution >= 4 is 12.1 Å². The minimum atomic E-state index is -1.11. The molecule has 1 amide bonds. The summed E-state index contributed by atoms with van der Waals surface area (Å²) in [5.74, 6) is -0.416. The third kappa shape index (κ3) is 7.01. The molecular formula is C24H41N5O7. The molecule has 1 spiro atoms. The number of rotatable bonds is 8. The highest BCUT2D eigenvalue weighted by molar-refractivity contribution is 5.79. The number of likely N-dealkylation sites (tertiary alicyclic amines) is 1. The molecule has 3 aliphatic rings. The number of nitrogens with zero attached hydrogens (tertiary/aromatic N) is 5. The van der Waals surface area contributed by atoms with E-state index < -0.39 is 23.3 Å². The monoisotopic (exact) mass is 511 g/mol. The molecule has 12 nitrogen and oxygen atoms in total. The van der Waals surface area contributed by atoms with Crippen LogP contribution in [0.5, 0.6) is 0 Å². The summed E-state index contributed by atoms with van der Waals surface area (Å²) in [6.07, 6.45) is 1.97. The molecule has 3 fully saturated rings. The Balaban J connectivity index is 1.68. The van der Waals surface area contributed by atoms with Crippen molar-refractivity contribution in [1.29, 1.82) is 0 Å². The van der Waals surface area contributed by atoms with E-state index in [9.17, 15) is 14.7 Å². The fourth-order valence-corrected chi connectivity index (χ4v) is 5.49. The van der Waals surface area contributed by atoms with Crippen LogP contribution in [0.15, 0.2) is 5.11 Å². The molecule has 0 aliphatic carbocycles. The predicted octanol–water partition coefficient (Wildman–Crippen LogP) is 2.63. The lowest BCUT2D eigenvalue weighted by Gasteiger charge is -2.46. The maximum Gasteiger partial charge on any atom is 0.410 e. The highest BCUT2D eigenvalue weighted by Crippen LogP contribution is 2.37. The van der Waals surface area contributed by atoms with Gasteiger partial charge in [-0.25, -0.2) is 9.59 Å². The van der Waals surface area contributed by atoms with Gasteiger partial charge < -0.3 is 29.0 Å². The molecule has 0 aromatic carbocycles. The first kappa shape index (κ1) is 28.5. The van der Waals surface area contributed by atoms with Gasteiger partial charge in [0, 0.05) is 31.1 Å². The van der Waals surface area contributed by atoms with E-state index in [1.165, 1.54) is 7.11 Å². The van der Waals surface area contributed by atoms with Crippen molar-refractivity contribution in [2.75, 3.05) is 53.0 Å². The van der Waals surface area contributed by atoms with Gasteiger partial charge in [0.2, 0.25) is 0 Å². The first-order chi connectivity index (χ1) is 17.0. The number of amides is 1. The van der Waals surface area contributed by atoms with Gasteiger partial charge in [-0.15, -0.1) is 0 Å². The Morgan fingerprint density at radius 3 is 2.78 bits per heavy atom. The summed E-state index contributed by atoms with van der Waals surface area (Å²) in [6, 6.07) is 0. The lowest BCUT2D eigenvalue weighted by molar-refractivity contribution is -0.194. The summed E-state index contributed by atoms with van der Waals surface area (Å²) in [6.45, 7) is 8.96. The zero-order valence-corrected chi connectivity index (χ0v) is 22.0. The molecule has 0 saturated carbocycles. The zero-order valence-electron chi connectivity index (χ0n) is 22.0. The number of carbonyl (C=O) groups excluding carboxylic acids is 2. The summed E-state index contributed by atoms with van der Waals surface area (Å²) >= 11 is 0. The number of morpholine rings is 1. The van der Waals surface area contributed by atoms with E-state index in [-0.39, 0.29) is 30.7 Å². The molecule has 0 aromatic heterocycles. The SMILES string of the molecule is COC(=O)[C@@]1(CCN2CCOC[C@@]23CCN(C(=O)OC(C)(C)C)C3)CCC[C@H](C[C@H](O)CN=[N+]=[N-])O1. The zero-order chi connectivity index (χ0) is 26.4. The standard InChI is InChI=1S/C24H41N5O7/c1-22(2,3)36-21(32)28-10-8-23(16-28)17-34-13-12-29(23)11-9-24(20(31)33-4)7-5-6-19(35-24)14-18(30)15-26-27-25/h18-19,30H,5-17H2,1-4H3/t18-,19+,23-,24-/m0/s1. The lowest BCUT2D eigenvalue weighted by Crippen LogP contribution is -2.60. The summed E-state index contributed by atoms with van der Waals surface area (Å²) in [4.78, 5) is 32.4. The van der Waals surface area contributed by atoms with Crippen molar-refractivity contribution in [3.8, 4) is 0 Å². The Labute approximate surface area is 212 Å². The summed E-state index contributed by atoms with van der Waals surface area (Å²) < 4.78 is 22.9. The normalized spacial score (nSPS) is 30.0. The molecule has 3 saturated heterocycles. The first-order valence-electron chi connectivity index (χ1n) is 12.8. The van der Waals surface area contributed by atoms with Crippen LogP contribution in [0, 0.1) is 0 Å². The average Bonchev–Trinajstić information content (AvgIpc) is 3.25. The van der Waals surface area contributed by atoms with E-state index in [1.807, 2.05) is 20.8 Å². The molecule has 1 N–H and O–H groups in total. The van der Waals surface area contributed by atoms with Crippen LogP contribution < -0.4 is 0 Å². The molecule has 12 heteroatoms. The van der Waals surface area contributed by atoms with E-state index >= 15 is 0 Å². The Morgan fingerprint density at radius 1 is 1.31 bits per heavy atom. The molecule has 0 radical (unpaired) electrons. The van der Waals surface area contributed by atoms with Crippen molar-refractivity contribution in [3.63, 3.8) is 0 Å². The number of esters is 1. The van der Waals surface area contributed by atoms with Crippen molar-refractivity contribution in [3.05, 3.63) is 10.4 Å². The Bertz CT molecular complexity index is 830. The molecule has 3 rings (SSSR count). The van der Waals surface area contributed by atoms with Crippen molar-refractivity contribution < 1.29 is 33.6 Å². The summed E-state index contributed by atoms with van der Waals surface area (Å²) in [5.41, 5.74) is 6.48. The smallest absolute Gasteiger partial charge is 0.410 e. The second-order valence-corrected chi connectivity index (χ2v) is 11.1. The largest absolute Gasteiger partial charge is 0.467 e. The molecule has 0 unspecified atom stereocenters. The third-order valence-corrected chi connectivity index (χ3v) is 7.26. The van der Waals surface area contributed by atoms with Gasteiger partial charge in [-0.3, -0.25) is 4.90 Å². The molecule has 204 valence electrons. The van der Waals surface area contributed by atoms with Crippen LogP contribution in [-0.2, 0) is 23.7 Å². The highest BCUT2D eigenvalue weighted by atomic mass is 16.6. The van der Waals surface area contributed by atoms with Gasteiger partial charge in [0.05, 0.1) is 44.6 Å². The van der Waals surface area contributed by atoms with Crippen molar-refractivity contribution in [1.82, 2.24) is 9.80 Å². The van der Waals surface area contributed by atoms with Crippen LogP contribution in [0.2, 0.25) is 0 Å². The van der Waals surface area contributed by atoms with Crippen LogP contribution in [0.25, 0.3) is 10.4 Å². The van der Waals surface area contributed by atoms with Crippen LogP contribution >= 0.6 is 0 Å². The van der Waals surface area contributed by atoms with E-state index in [1.54, 1.807) is 4.90 Å². The van der Waals surface area contributed by atoms with E-state index in [2.05, 4.69) is 14.9 Å². The van der Waals surface area contributed by atoms with Gasteiger partial charge in [-0.1, -0.05) is 5.11 Å². The fraction of sp³-hybridized carbons (Fsp3) is 0.917. The highest BCUT2D eigenvalue weighted by Gasteiger charge is 2.50. The van der Waals surface area contributed by atoms with E-state index in [0.29, 0.717) is 58.7 Å². The number of azide groups is 1. The molecular weight excluding hydrogens is 470 g/mol. The molecule has 4 atom stereocenters. The average molecular weight is 512 g/mol. The lowest BCUT2D eigenvalue weighted by atomic mass is 9.86. The maximum absolute atomic E-state index is 13.0. The predicted molar refractivity (Wildman–Crippen MR) is 130 cm³/mol. The van der Waals surface area contributed by atoms with Crippen LogP contribution in [0.4, 0.5) is 4.79 Å². The minimum absolute atomic E-state index is 0.0357. The van der Waals surface area contributed by atoms with Gasteiger partial charge in [0.25, 0.3) is 0 Å². The Morgan fingerprint density at radius 2 is 2.08 bits per heavy atom. The molecule has 0 bridgehead atoms. The second-order valence-electron chi connectivity index (χ2n) is 11.1. The molecule has 3 aliphatic heterocycles. The second kappa shape index (κ2) is 12.0. The number of aliphatic hydroxyl groups excluding tert-OH is 1. The number of hydrogen-bond acceptors (Lipinski definition) is 9. The Hall–Kier alpha value is -2.11. The maximum atomic E-state index is 13.0. The Kier molecular flexibility index (Phi) is 9.45.